The van der Waals surface area contributed by atoms with Crippen LogP contribution in [-0.4, -0.2) is 21.0 Å². The van der Waals surface area contributed by atoms with Crippen LogP contribution in [0.5, 0.6) is 0 Å². The summed E-state index contributed by atoms with van der Waals surface area (Å²) in [5.41, 5.74) is 2.35. The van der Waals surface area contributed by atoms with E-state index >= 15 is 0 Å². The van der Waals surface area contributed by atoms with Crippen LogP contribution >= 0.6 is 0 Å². The van der Waals surface area contributed by atoms with Crippen LogP contribution in [0.3, 0.4) is 0 Å². The number of hydrogen-bond donors (Lipinski definition) is 3. The Kier molecular flexibility index (Phi) is 4.36. The highest BCUT2D eigenvalue weighted by molar-refractivity contribution is 6.00. The Morgan fingerprint density at radius 1 is 1.33 bits per heavy atom. The first-order chi connectivity index (χ1) is 10.1. The molecule has 0 radical (unpaired) electrons. The fourth-order valence-corrected chi connectivity index (χ4v) is 1.73. The molecule has 2 aromatic rings. The van der Waals surface area contributed by atoms with E-state index in [4.69, 9.17) is 5.84 Å². The van der Waals surface area contributed by atoms with Gasteiger partial charge in [0.2, 0.25) is 0 Å². The highest BCUT2D eigenvalue weighted by Crippen LogP contribution is 2.27. The molecule has 9 heteroatoms. The van der Waals surface area contributed by atoms with Crippen molar-refractivity contribution in [1.29, 1.82) is 0 Å². The second-order valence-corrected chi connectivity index (χ2v) is 4.00. The molecule has 0 bridgehead atoms. The first-order valence-corrected chi connectivity index (χ1v) is 5.92. The zero-order valence-corrected chi connectivity index (χ0v) is 10.8. The first kappa shape index (κ1) is 14.3. The molecule has 0 aliphatic rings. The van der Waals surface area contributed by atoms with E-state index in [9.17, 15) is 14.9 Å². The van der Waals surface area contributed by atoms with Crippen LogP contribution in [0.15, 0.2) is 36.5 Å². The summed E-state index contributed by atoms with van der Waals surface area (Å²) in [6, 6.07) is 7.62. The van der Waals surface area contributed by atoms with Gasteiger partial charge in [-0.25, -0.2) is 0 Å². The predicted octanol–water partition coefficient (Wildman–Crippen LogP) is 0.600. The number of aromatic nitrogens is 2. The van der Waals surface area contributed by atoms with E-state index in [-0.39, 0.29) is 23.5 Å². The minimum absolute atomic E-state index is 0.0622. The maximum atomic E-state index is 12.1. The van der Waals surface area contributed by atoms with E-state index in [2.05, 4.69) is 20.9 Å². The number of carbonyl (C=O) groups is 1. The maximum absolute atomic E-state index is 12.1. The number of nitrogens with zero attached hydrogens (tertiary/aromatic N) is 3. The molecule has 21 heavy (non-hydrogen) atoms. The average Bonchev–Trinajstić information content (AvgIpc) is 2.52. The van der Waals surface area contributed by atoms with Crippen molar-refractivity contribution >= 4 is 17.3 Å². The number of nitrogen functional groups attached to an aromatic ring is 1. The molecule has 1 heterocycles. The molecule has 0 unspecified atom stereocenters. The Labute approximate surface area is 119 Å². The van der Waals surface area contributed by atoms with Gasteiger partial charge in [-0.05, 0) is 24.3 Å². The Morgan fingerprint density at radius 3 is 2.76 bits per heavy atom. The standard InChI is InChI=1S/C12H12N6O3/c13-16-10-5-1-4-9(11(10)18(20)21)12(19)14-7-8-3-2-6-15-17-8/h1-6,16H,7,13H2,(H,14,19). The second kappa shape index (κ2) is 6.39. The minimum atomic E-state index is -0.660. The molecule has 0 saturated heterocycles. The zero-order valence-electron chi connectivity index (χ0n) is 10.8. The smallest absolute Gasteiger partial charge is 0.306 e. The summed E-state index contributed by atoms with van der Waals surface area (Å²) in [6.45, 7) is 0.115. The number of nitrogens with one attached hydrogen (secondary N) is 2. The number of benzene rings is 1. The predicted molar refractivity (Wildman–Crippen MR) is 74.1 cm³/mol. The fraction of sp³-hybridized carbons (Fsp3) is 0.0833. The lowest BCUT2D eigenvalue weighted by atomic mass is 10.1. The topological polar surface area (TPSA) is 136 Å². The van der Waals surface area contributed by atoms with E-state index in [0.29, 0.717) is 5.69 Å². The lowest BCUT2D eigenvalue weighted by Crippen LogP contribution is -2.25. The number of nitro benzene ring substituents is 1. The van der Waals surface area contributed by atoms with Gasteiger partial charge in [0.1, 0.15) is 11.3 Å². The second-order valence-electron chi connectivity index (χ2n) is 4.00. The number of para-hydroxylation sites is 1. The first-order valence-electron chi connectivity index (χ1n) is 5.92. The Bertz CT molecular complexity index is 661. The molecule has 0 spiro atoms. The molecule has 0 saturated carbocycles. The van der Waals surface area contributed by atoms with Gasteiger partial charge in [0.05, 0.1) is 17.2 Å². The van der Waals surface area contributed by atoms with Crippen molar-refractivity contribution in [1.82, 2.24) is 15.5 Å². The van der Waals surface area contributed by atoms with E-state index in [1.807, 2.05) is 0 Å². The van der Waals surface area contributed by atoms with Gasteiger partial charge in [-0.15, -0.1) is 0 Å². The van der Waals surface area contributed by atoms with Crippen LogP contribution in [0.1, 0.15) is 16.1 Å². The Hall–Kier alpha value is -3.07. The number of rotatable bonds is 5. The number of nitro groups is 1. The SMILES string of the molecule is NNc1cccc(C(=O)NCc2cccnn2)c1[N+](=O)[O-]. The summed E-state index contributed by atoms with van der Waals surface area (Å²) in [5, 5.41) is 21.1. The van der Waals surface area contributed by atoms with Gasteiger partial charge >= 0.3 is 5.69 Å². The van der Waals surface area contributed by atoms with E-state index < -0.39 is 10.8 Å². The number of hydrogen-bond acceptors (Lipinski definition) is 7. The van der Waals surface area contributed by atoms with Crippen molar-refractivity contribution in [2.24, 2.45) is 5.84 Å². The molecule has 9 nitrogen and oxygen atoms in total. The quantitative estimate of drug-likeness (QED) is 0.416. The molecule has 1 aromatic carbocycles. The maximum Gasteiger partial charge on any atom is 0.306 e. The van der Waals surface area contributed by atoms with Crippen LogP contribution in [0.4, 0.5) is 11.4 Å². The van der Waals surface area contributed by atoms with E-state index in [1.165, 1.54) is 24.4 Å². The zero-order chi connectivity index (χ0) is 15.2. The van der Waals surface area contributed by atoms with Crippen molar-refractivity contribution in [3.05, 3.63) is 57.9 Å². The van der Waals surface area contributed by atoms with Gasteiger partial charge in [0.15, 0.2) is 0 Å². The molecule has 108 valence electrons. The summed E-state index contributed by atoms with van der Waals surface area (Å²) in [4.78, 5) is 22.5. The summed E-state index contributed by atoms with van der Waals surface area (Å²) >= 11 is 0. The van der Waals surface area contributed by atoms with Crippen LogP contribution in [0, 0.1) is 10.1 Å². The fourth-order valence-electron chi connectivity index (χ4n) is 1.73. The molecule has 0 fully saturated rings. The third-order valence-corrected chi connectivity index (χ3v) is 2.68. The summed E-state index contributed by atoms with van der Waals surface area (Å²) < 4.78 is 0. The molecular formula is C12H12N6O3. The molecule has 0 aliphatic heterocycles. The molecule has 0 aliphatic carbocycles. The number of anilines is 1. The Morgan fingerprint density at radius 2 is 2.14 bits per heavy atom. The molecular weight excluding hydrogens is 276 g/mol. The van der Waals surface area contributed by atoms with Gasteiger partial charge in [-0.1, -0.05) is 6.07 Å². The molecule has 0 atom stereocenters. The van der Waals surface area contributed by atoms with E-state index in [0.717, 1.165) is 0 Å². The number of nitrogens with two attached hydrogens (primary N) is 1. The number of hydrazine groups is 1. The Balaban J connectivity index is 2.21. The lowest BCUT2D eigenvalue weighted by molar-refractivity contribution is -0.384. The third-order valence-electron chi connectivity index (χ3n) is 2.68. The summed E-state index contributed by atoms with van der Waals surface area (Å²) in [7, 11) is 0. The van der Waals surface area contributed by atoms with Crippen molar-refractivity contribution < 1.29 is 9.72 Å². The van der Waals surface area contributed by atoms with Crippen molar-refractivity contribution in [3.8, 4) is 0 Å². The van der Waals surface area contributed by atoms with Crippen molar-refractivity contribution in [2.45, 2.75) is 6.54 Å². The number of amides is 1. The van der Waals surface area contributed by atoms with Gasteiger partial charge in [0, 0.05) is 6.20 Å². The van der Waals surface area contributed by atoms with Crippen LogP contribution in [0.25, 0.3) is 0 Å². The lowest BCUT2D eigenvalue weighted by Gasteiger charge is -2.08. The van der Waals surface area contributed by atoms with Crippen LogP contribution in [0.2, 0.25) is 0 Å². The summed E-state index contributed by atoms with van der Waals surface area (Å²) in [5.74, 6) is 4.62. The van der Waals surface area contributed by atoms with Gasteiger partial charge < -0.3 is 10.7 Å². The highest BCUT2D eigenvalue weighted by atomic mass is 16.6. The van der Waals surface area contributed by atoms with Gasteiger partial charge in [0.25, 0.3) is 5.91 Å². The molecule has 4 N–H and O–H groups in total. The minimum Gasteiger partial charge on any atom is -0.346 e. The summed E-state index contributed by atoms with van der Waals surface area (Å²) in [6.07, 6.45) is 1.51. The van der Waals surface area contributed by atoms with E-state index in [1.54, 1.807) is 12.1 Å². The van der Waals surface area contributed by atoms with Gasteiger partial charge in [-0.3, -0.25) is 20.8 Å². The number of carbonyl (C=O) groups excluding carboxylic acids is 1. The molecule has 1 amide bonds. The third kappa shape index (κ3) is 3.28. The van der Waals surface area contributed by atoms with Crippen LogP contribution in [-0.2, 0) is 6.54 Å². The monoisotopic (exact) mass is 288 g/mol. The van der Waals surface area contributed by atoms with Crippen LogP contribution < -0.4 is 16.6 Å². The molecule has 2 rings (SSSR count). The average molecular weight is 288 g/mol. The normalized spacial score (nSPS) is 9.95. The largest absolute Gasteiger partial charge is 0.346 e. The molecule has 1 aromatic heterocycles. The highest BCUT2D eigenvalue weighted by Gasteiger charge is 2.23. The van der Waals surface area contributed by atoms with Crippen molar-refractivity contribution in [2.75, 3.05) is 5.43 Å². The van der Waals surface area contributed by atoms with Crippen molar-refractivity contribution in [3.63, 3.8) is 0 Å². The van der Waals surface area contributed by atoms with Gasteiger partial charge in [-0.2, -0.15) is 10.2 Å².